The van der Waals surface area contributed by atoms with Crippen molar-refractivity contribution < 1.29 is 8.42 Å². The summed E-state index contributed by atoms with van der Waals surface area (Å²) in [6.07, 6.45) is 1.75. The molecule has 24 heavy (non-hydrogen) atoms. The van der Waals surface area contributed by atoms with Crippen molar-refractivity contribution in [2.75, 3.05) is 0 Å². The van der Waals surface area contributed by atoms with Gasteiger partial charge in [-0.05, 0) is 43.2 Å². The zero-order valence-electron chi connectivity index (χ0n) is 13.6. The van der Waals surface area contributed by atoms with Crippen molar-refractivity contribution in [3.8, 4) is 0 Å². The Labute approximate surface area is 145 Å². The van der Waals surface area contributed by atoms with Gasteiger partial charge in [0.2, 0.25) is 4.80 Å². The van der Waals surface area contributed by atoms with E-state index in [4.69, 9.17) is 0 Å². The van der Waals surface area contributed by atoms with E-state index in [9.17, 15) is 8.42 Å². The number of fused-ring (bicyclic) bond motifs is 1. The lowest BCUT2D eigenvalue weighted by molar-refractivity contribution is 0.596. The maximum absolute atomic E-state index is 12.6. The Morgan fingerprint density at radius 2 is 1.92 bits per heavy atom. The normalized spacial score (nSPS) is 12.7. The van der Waals surface area contributed by atoms with E-state index in [-0.39, 0.29) is 4.90 Å². The molecule has 3 aromatic rings. The number of aromatic nitrogens is 1. The number of rotatable bonds is 4. The third-order valence-corrected chi connectivity index (χ3v) is 6.29. The predicted octanol–water partition coefficient (Wildman–Crippen LogP) is 3.80. The standard InChI is InChI=1S/C18H18N2O2S2/c1-4-10-20-16-12-13(2)11-14(3)17(16)23-18(20)19-24(21,22)15-8-6-5-7-9-15/h4-9,11-12H,1,10H2,2-3H3. The minimum atomic E-state index is -3.74. The number of allylic oxidation sites excluding steroid dienone is 1. The summed E-state index contributed by atoms with van der Waals surface area (Å²) in [6, 6.07) is 12.4. The van der Waals surface area contributed by atoms with Gasteiger partial charge in [-0.2, -0.15) is 8.42 Å². The van der Waals surface area contributed by atoms with Crippen molar-refractivity contribution in [3.05, 3.63) is 71.0 Å². The third kappa shape index (κ3) is 3.07. The Balaban J connectivity index is 2.31. The molecule has 1 heterocycles. The third-order valence-electron chi connectivity index (χ3n) is 3.67. The van der Waals surface area contributed by atoms with Crippen LogP contribution < -0.4 is 4.80 Å². The van der Waals surface area contributed by atoms with Gasteiger partial charge < -0.3 is 4.57 Å². The van der Waals surface area contributed by atoms with Crippen molar-refractivity contribution in [1.29, 1.82) is 0 Å². The van der Waals surface area contributed by atoms with E-state index >= 15 is 0 Å². The van der Waals surface area contributed by atoms with Crippen LogP contribution in [0.1, 0.15) is 11.1 Å². The molecule has 0 atom stereocenters. The molecule has 0 aliphatic carbocycles. The average molecular weight is 358 g/mol. The molecule has 1 aromatic heterocycles. The van der Waals surface area contributed by atoms with Gasteiger partial charge in [-0.25, -0.2) is 0 Å². The molecule has 0 saturated carbocycles. The van der Waals surface area contributed by atoms with Crippen LogP contribution in [0.15, 0.2) is 64.4 Å². The summed E-state index contributed by atoms with van der Waals surface area (Å²) in [4.78, 5) is 0.656. The van der Waals surface area contributed by atoms with E-state index in [2.05, 4.69) is 23.1 Å². The highest BCUT2D eigenvalue weighted by Gasteiger charge is 2.15. The molecule has 0 spiro atoms. The first kappa shape index (κ1) is 16.7. The molecule has 0 amide bonds. The van der Waals surface area contributed by atoms with Crippen LogP contribution in [0.3, 0.4) is 0 Å². The van der Waals surface area contributed by atoms with E-state index in [1.807, 2.05) is 18.4 Å². The smallest absolute Gasteiger partial charge is 0.285 e. The molecule has 4 nitrogen and oxygen atoms in total. The summed E-state index contributed by atoms with van der Waals surface area (Å²) < 4.78 is 32.2. The van der Waals surface area contributed by atoms with Gasteiger partial charge in [0.05, 0.1) is 15.1 Å². The predicted molar refractivity (Wildman–Crippen MR) is 98.7 cm³/mol. The molecular weight excluding hydrogens is 340 g/mol. The largest absolute Gasteiger partial charge is 0.312 e. The minimum absolute atomic E-state index is 0.195. The summed E-state index contributed by atoms with van der Waals surface area (Å²) >= 11 is 1.39. The molecule has 0 fully saturated rings. The molecule has 0 bridgehead atoms. The maximum Gasteiger partial charge on any atom is 0.285 e. The Morgan fingerprint density at radius 1 is 1.21 bits per heavy atom. The first-order valence-corrected chi connectivity index (χ1v) is 9.75. The van der Waals surface area contributed by atoms with Crippen molar-refractivity contribution in [1.82, 2.24) is 4.57 Å². The van der Waals surface area contributed by atoms with Gasteiger partial charge in [0.1, 0.15) is 0 Å². The highest BCUT2D eigenvalue weighted by atomic mass is 32.2. The van der Waals surface area contributed by atoms with Gasteiger partial charge in [-0.3, -0.25) is 0 Å². The average Bonchev–Trinajstić information content (AvgIpc) is 2.86. The number of nitrogens with zero attached hydrogens (tertiary/aromatic N) is 2. The number of hydrogen-bond acceptors (Lipinski definition) is 3. The van der Waals surface area contributed by atoms with E-state index in [0.717, 1.165) is 21.3 Å². The van der Waals surface area contributed by atoms with Gasteiger partial charge >= 0.3 is 0 Å². The number of thiazole rings is 1. The van der Waals surface area contributed by atoms with Crippen LogP contribution in [0.2, 0.25) is 0 Å². The molecule has 0 unspecified atom stereocenters. The van der Waals surface area contributed by atoms with Crippen LogP contribution in [-0.4, -0.2) is 13.0 Å². The van der Waals surface area contributed by atoms with Crippen molar-refractivity contribution in [2.45, 2.75) is 25.3 Å². The fourth-order valence-corrected chi connectivity index (χ4v) is 4.95. The quantitative estimate of drug-likeness (QED) is 0.666. The Kier molecular flexibility index (Phi) is 4.43. The van der Waals surface area contributed by atoms with Crippen molar-refractivity contribution in [3.63, 3.8) is 0 Å². The Hall–Kier alpha value is -2.18. The monoisotopic (exact) mass is 358 g/mol. The summed E-state index contributed by atoms with van der Waals surface area (Å²) in [5.41, 5.74) is 3.24. The second kappa shape index (κ2) is 6.37. The summed E-state index contributed by atoms with van der Waals surface area (Å²) in [6.45, 7) is 8.34. The van der Waals surface area contributed by atoms with E-state index in [1.165, 1.54) is 11.3 Å². The van der Waals surface area contributed by atoms with Crippen molar-refractivity contribution in [2.24, 2.45) is 4.40 Å². The van der Waals surface area contributed by atoms with Gasteiger partial charge in [0, 0.05) is 6.54 Å². The summed E-state index contributed by atoms with van der Waals surface area (Å²) in [5, 5.41) is 0. The molecule has 2 aromatic carbocycles. The van der Waals surface area contributed by atoms with Crippen LogP contribution in [0.4, 0.5) is 0 Å². The van der Waals surface area contributed by atoms with Crippen LogP contribution in [-0.2, 0) is 16.6 Å². The molecule has 3 rings (SSSR count). The number of benzene rings is 2. The molecule has 124 valence electrons. The lowest BCUT2D eigenvalue weighted by Crippen LogP contribution is -2.16. The SMILES string of the molecule is C=CCn1c(=NS(=O)(=O)c2ccccc2)sc2c(C)cc(C)cc21. The molecule has 6 heteroatoms. The fraction of sp³-hybridized carbons (Fsp3) is 0.167. The highest BCUT2D eigenvalue weighted by Crippen LogP contribution is 2.24. The molecule has 0 saturated heterocycles. The van der Waals surface area contributed by atoms with Gasteiger partial charge in [-0.1, -0.05) is 41.7 Å². The van der Waals surface area contributed by atoms with Crippen LogP contribution in [0.25, 0.3) is 10.2 Å². The summed E-state index contributed by atoms with van der Waals surface area (Å²) in [5.74, 6) is 0. The fourth-order valence-electron chi connectivity index (χ4n) is 2.64. The maximum atomic E-state index is 12.6. The highest BCUT2D eigenvalue weighted by molar-refractivity contribution is 7.90. The van der Waals surface area contributed by atoms with Crippen LogP contribution in [0, 0.1) is 13.8 Å². The second-order valence-electron chi connectivity index (χ2n) is 5.59. The molecule has 0 N–H and O–H groups in total. The van der Waals surface area contributed by atoms with Crippen LogP contribution >= 0.6 is 11.3 Å². The zero-order chi connectivity index (χ0) is 17.3. The molecule has 0 aliphatic rings. The molecular formula is C18H18N2O2S2. The Bertz CT molecular complexity index is 1080. The van der Waals surface area contributed by atoms with Crippen LogP contribution in [0.5, 0.6) is 0 Å². The van der Waals surface area contributed by atoms with E-state index in [1.54, 1.807) is 36.4 Å². The second-order valence-corrected chi connectivity index (χ2v) is 8.18. The topological polar surface area (TPSA) is 51.4 Å². The van der Waals surface area contributed by atoms with Crippen molar-refractivity contribution >= 4 is 31.6 Å². The van der Waals surface area contributed by atoms with Gasteiger partial charge in [0.25, 0.3) is 10.0 Å². The Morgan fingerprint density at radius 3 is 2.58 bits per heavy atom. The van der Waals surface area contributed by atoms with E-state index < -0.39 is 10.0 Å². The number of aryl methyl sites for hydroxylation is 2. The van der Waals surface area contributed by atoms with Gasteiger partial charge in [0.15, 0.2) is 0 Å². The molecule has 0 radical (unpaired) electrons. The van der Waals surface area contributed by atoms with E-state index in [0.29, 0.717) is 11.3 Å². The summed E-state index contributed by atoms with van der Waals surface area (Å²) in [7, 11) is -3.74. The first-order valence-electron chi connectivity index (χ1n) is 7.50. The number of hydrogen-bond donors (Lipinski definition) is 0. The number of sulfonamides is 1. The lowest BCUT2D eigenvalue weighted by Gasteiger charge is -2.04. The first-order chi connectivity index (χ1) is 11.4. The lowest BCUT2D eigenvalue weighted by atomic mass is 10.1. The zero-order valence-corrected chi connectivity index (χ0v) is 15.2. The molecule has 0 aliphatic heterocycles. The minimum Gasteiger partial charge on any atom is -0.312 e. The van der Waals surface area contributed by atoms with Gasteiger partial charge in [-0.15, -0.1) is 11.0 Å².